The lowest BCUT2D eigenvalue weighted by Crippen LogP contribution is -2.35. The third-order valence-corrected chi connectivity index (χ3v) is 3.90. The van der Waals surface area contributed by atoms with E-state index in [1.807, 2.05) is 24.4 Å². The van der Waals surface area contributed by atoms with Crippen LogP contribution in [-0.4, -0.2) is 20.5 Å². The molecule has 0 saturated carbocycles. The van der Waals surface area contributed by atoms with E-state index in [1.54, 1.807) is 4.68 Å². The molecule has 1 heterocycles. The maximum Gasteiger partial charge on any atom is 0.0969 e. The Labute approximate surface area is 126 Å². The lowest BCUT2D eigenvalue weighted by Gasteiger charge is -2.19. The molecule has 0 amide bonds. The number of nitrogens with one attached hydrogen (secondary N) is 1. The molecule has 0 spiro atoms. The molecular weight excluding hydrogens is 328 g/mol. The highest BCUT2D eigenvalue weighted by atomic mass is 79.9. The maximum absolute atomic E-state index is 6.07. The first-order valence-corrected chi connectivity index (χ1v) is 7.14. The lowest BCUT2D eigenvalue weighted by molar-refractivity contribution is 0.421. The molecule has 0 saturated heterocycles. The van der Waals surface area contributed by atoms with Gasteiger partial charge in [-0.15, -0.1) is 5.10 Å². The standard InChI is InChI=1S/C13H16BrClN4/c1-13(2,3)16-7-9-8-19(18-17-9)11-6-4-5-10(15)12(11)14/h4-6,8,16H,7H2,1-3H3. The minimum absolute atomic E-state index is 0.0560. The molecular formula is C13H16BrClN4. The van der Waals surface area contributed by atoms with Gasteiger partial charge >= 0.3 is 0 Å². The van der Waals surface area contributed by atoms with Crippen molar-refractivity contribution in [3.63, 3.8) is 0 Å². The monoisotopic (exact) mass is 342 g/mol. The van der Waals surface area contributed by atoms with Crippen LogP contribution in [0.5, 0.6) is 0 Å². The number of halogens is 2. The zero-order chi connectivity index (χ0) is 14.0. The van der Waals surface area contributed by atoms with Gasteiger partial charge in [-0.3, -0.25) is 0 Å². The van der Waals surface area contributed by atoms with E-state index in [2.05, 4.69) is 52.3 Å². The Morgan fingerprint density at radius 3 is 2.79 bits per heavy atom. The van der Waals surface area contributed by atoms with Crippen molar-refractivity contribution in [2.24, 2.45) is 0 Å². The fourth-order valence-corrected chi connectivity index (χ4v) is 2.14. The average molecular weight is 344 g/mol. The quantitative estimate of drug-likeness (QED) is 0.926. The van der Waals surface area contributed by atoms with Crippen molar-refractivity contribution in [2.45, 2.75) is 32.9 Å². The minimum Gasteiger partial charge on any atom is -0.306 e. The molecule has 0 radical (unpaired) electrons. The van der Waals surface area contributed by atoms with E-state index in [0.717, 1.165) is 15.9 Å². The Bertz CT molecular complexity index is 574. The highest BCUT2D eigenvalue weighted by Crippen LogP contribution is 2.28. The van der Waals surface area contributed by atoms with E-state index in [4.69, 9.17) is 11.6 Å². The molecule has 4 nitrogen and oxygen atoms in total. The fraction of sp³-hybridized carbons (Fsp3) is 0.385. The van der Waals surface area contributed by atoms with Gasteiger partial charge in [-0.25, -0.2) is 4.68 Å². The predicted octanol–water partition coefficient (Wildman–Crippen LogP) is 3.57. The van der Waals surface area contributed by atoms with Crippen molar-refractivity contribution >= 4 is 27.5 Å². The van der Waals surface area contributed by atoms with Crippen molar-refractivity contribution in [3.05, 3.63) is 39.6 Å². The molecule has 1 N–H and O–H groups in total. The smallest absolute Gasteiger partial charge is 0.0969 e. The van der Waals surface area contributed by atoms with Gasteiger partial charge in [-0.2, -0.15) is 0 Å². The largest absolute Gasteiger partial charge is 0.306 e. The van der Waals surface area contributed by atoms with Crippen molar-refractivity contribution in [2.75, 3.05) is 0 Å². The molecule has 2 rings (SSSR count). The lowest BCUT2D eigenvalue weighted by atomic mass is 10.1. The molecule has 0 bridgehead atoms. The molecule has 1 aromatic carbocycles. The summed E-state index contributed by atoms with van der Waals surface area (Å²) < 4.78 is 2.53. The van der Waals surface area contributed by atoms with Crippen molar-refractivity contribution in [3.8, 4) is 5.69 Å². The predicted molar refractivity (Wildman–Crippen MR) is 80.7 cm³/mol. The summed E-state index contributed by atoms with van der Waals surface area (Å²) in [4.78, 5) is 0. The van der Waals surface area contributed by atoms with Crippen LogP contribution in [0.4, 0.5) is 0 Å². The normalized spacial score (nSPS) is 11.8. The Morgan fingerprint density at radius 1 is 1.37 bits per heavy atom. The Balaban J connectivity index is 2.19. The molecule has 0 aliphatic heterocycles. The Morgan fingerprint density at radius 2 is 2.11 bits per heavy atom. The number of aromatic nitrogens is 3. The van der Waals surface area contributed by atoms with Gasteiger partial charge in [0.15, 0.2) is 0 Å². The van der Waals surface area contributed by atoms with E-state index in [0.29, 0.717) is 11.6 Å². The third-order valence-electron chi connectivity index (χ3n) is 2.52. The molecule has 102 valence electrons. The van der Waals surface area contributed by atoms with Crippen LogP contribution in [-0.2, 0) is 6.54 Å². The van der Waals surface area contributed by atoms with Crippen molar-refractivity contribution < 1.29 is 0 Å². The molecule has 0 unspecified atom stereocenters. The summed E-state index contributed by atoms with van der Waals surface area (Å²) in [5.74, 6) is 0. The maximum atomic E-state index is 6.07. The molecule has 19 heavy (non-hydrogen) atoms. The van der Waals surface area contributed by atoms with Crippen LogP contribution in [0.3, 0.4) is 0 Å². The van der Waals surface area contributed by atoms with Crippen molar-refractivity contribution in [1.82, 2.24) is 20.3 Å². The number of hydrogen-bond donors (Lipinski definition) is 1. The van der Waals surface area contributed by atoms with Crippen LogP contribution in [0.25, 0.3) is 5.69 Å². The summed E-state index contributed by atoms with van der Waals surface area (Å²) in [7, 11) is 0. The number of benzene rings is 1. The van der Waals surface area contributed by atoms with Gasteiger partial charge in [0.1, 0.15) is 0 Å². The van der Waals surface area contributed by atoms with Crippen LogP contribution in [0.1, 0.15) is 26.5 Å². The Hall–Kier alpha value is -0.910. The van der Waals surface area contributed by atoms with E-state index < -0.39 is 0 Å². The number of hydrogen-bond acceptors (Lipinski definition) is 3. The first-order valence-electron chi connectivity index (χ1n) is 5.97. The topological polar surface area (TPSA) is 42.7 Å². The molecule has 0 fully saturated rings. The highest BCUT2D eigenvalue weighted by molar-refractivity contribution is 9.10. The molecule has 2 aromatic rings. The third kappa shape index (κ3) is 3.78. The minimum atomic E-state index is 0.0560. The van der Waals surface area contributed by atoms with E-state index in [-0.39, 0.29) is 5.54 Å². The second-order valence-electron chi connectivity index (χ2n) is 5.33. The Kier molecular flexibility index (Phi) is 4.28. The van der Waals surface area contributed by atoms with Gasteiger partial charge < -0.3 is 5.32 Å². The molecule has 0 aliphatic carbocycles. The molecule has 0 aliphatic rings. The van der Waals surface area contributed by atoms with Gasteiger partial charge in [-0.05, 0) is 48.8 Å². The average Bonchev–Trinajstić information content (AvgIpc) is 2.78. The summed E-state index contributed by atoms with van der Waals surface area (Å²) in [5, 5.41) is 12.3. The summed E-state index contributed by atoms with van der Waals surface area (Å²) in [6.45, 7) is 7.03. The summed E-state index contributed by atoms with van der Waals surface area (Å²) >= 11 is 9.53. The summed E-state index contributed by atoms with van der Waals surface area (Å²) in [5.41, 5.74) is 1.82. The second kappa shape index (κ2) is 5.61. The summed E-state index contributed by atoms with van der Waals surface area (Å²) in [6, 6.07) is 5.65. The zero-order valence-electron chi connectivity index (χ0n) is 11.1. The summed E-state index contributed by atoms with van der Waals surface area (Å²) in [6.07, 6.45) is 1.90. The molecule has 1 aromatic heterocycles. The van der Waals surface area contributed by atoms with E-state index in [1.165, 1.54) is 0 Å². The van der Waals surface area contributed by atoms with Crippen LogP contribution >= 0.6 is 27.5 Å². The number of rotatable bonds is 3. The van der Waals surface area contributed by atoms with Gasteiger partial charge in [-0.1, -0.05) is 22.9 Å². The van der Waals surface area contributed by atoms with Crippen molar-refractivity contribution in [1.29, 1.82) is 0 Å². The number of nitrogens with zero attached hydrogens (tertiary/aromatic N) is 3. The van der Waals surface area contributed by atoms with Gasteiger partial charge in [0.2, 0.25) is 0 Å². The van der Waals surface area contributed by atoms with Crippen LogP contribution < -0.4 is 5.32 Å². The highest BCUT2D eigenvalue weighted by Gasteiger charge is 2.12. The van der Waals surface area contributed by atoms with Crippen LogP contribution in [0, 0.1) is 0 Å². The molecule has 6 heteroatoms. The first kappa shape index (κ1) is 14.5. The van der Waals surface area contributed by atoms with Gasteiger partial charge in [0.25, 0.3) is 0 Å². The SMILES string of the molecule is CC(C)(C)NCc1cn(-c2cccc(Cl)c2Br)nn1. The van der Waals surface area contributed by atoms with E-state index in [9.17, 15) is 0 Å². The second-order valence-corrected chi connectivity index (χ2v) is 6.53. The fourth-order valence-electron chi connectivity index (χ4n) is 1.52. The van der Waals surface area contributed by atoms with Crippen LogP contribution in [0.2, 0.25) is 5.02 Å². The molecule has 0 atom stereocenters. The first-order chi connectivity index (χ1) is 8.87. The zero-order valence-corrected chi connectivity index (χ0v) is 13.5. The van der Waals surface area contributed by atoms with E-state index >= 15 is 0 Å². The van der Waals surface area contributed by atoms with Crippen LogP contribution in [0.15, 0.2) is 28.9 Å². The van der Waals surface area contributed by atoms with Gasteiger partial charge in [0.05, 0.1) is 27.1 Å². The van der Waals surface area contributed by atoms with Gasteiger partial charge in [0, 0.05) is 12.1 Å².